The molecule has 0 spiro atoms. The second-order valence-corrected chi connectivity index (χ2v) is 7.01. The molecule has 2 heteroatoms. The topological polar surface area (TPSA) is 40.5 Å². The van der Waals surface area contributed by atoms with Gasteiger partial charge >= 0.3 is 0 Å². The lowest BCUT2D eigenvalue weighted by molar-refractivity contribution is 0.0819. The molecule has 0 aromatic rings. The molecule has 0 amide bonds. The Hall–Kier alpha value is -0.860. The molecular formula is C19H30O2. The van der Waals surface area contributed by atoms with Crippen molar-refractivity contribution in [2.24, 2.45) is 17.8 Å². The Morgan fingerprint density at radius 3 is 2.81 bits per heavy atom. The number of rotatable bonds is 7. The zero-order chi connectivity index (χ0) is 15.5. The Morgan fingerprint density at radius 2 is 2.14 bits per heavy atom. The van der Waals surface area contributed by atoms with E-state index in [1.54, 1.807) is 6.08 Å². The summed E-state index contributed by atoms with van der Waals surface area (Å²) in [6, 6.07) is 0. The number of hydrogen-bond acceptors (Lipinski definition) is 2. The average Bonchev–Trinajstić information content (AvgIpc) is 2.93. The molecule has 2 fully saturated rings. The predicted octanol–water partition coefficient (Wildman–Crippen LogP) is 4.00. The van der Waals surface area contributed by atoms with E-state index in [4.69, 9.17) is 0 Å². The van der Waals surface area contributed by atoms with Crippen LogP contribution in [0.25, 0.3) is 0 Å². The third-order valence-corrected chi connectivity index (χ3v) is 5.34. The molecule has 118 valence electrons. The zero-order valence-electron chi connectivity index (χ0n) is 13.3. The second-order valence-electron chi connectivity index (χ2n) is 7.01. The van der Waals surface area contributed by atoms with Crippen LogP contribution in [0.3, 0.4) is 0 Å². The van der Waals surface area contributed by atoms with E-state index in [9.17, 15) is 10.2 Å². The Bertz CT molecular complexity index is 412. The number of aliphatic hydroxyl groups excluding tert-OH is 1. The van der Waals surface area contributed by atoms with Crippen LogP contribution in [0.5, 0.6) is 0 Å². The Kier molecular flexibility index (Phi) is 5.45. The van der Waals surface area contributed by atoms with Gasteiger partial charge in [-0.3, -0.25) is 0 Å². The molecule has 0 aromatic heterocycles. The molecule has 0 radical (unpaired) electrons. The number of allylic oxidation sites excluding steroid dienone is 1. The lowest BCUT2D eigenvalue weighted by atomic mass is 9.88. The molecule has 2 saturated carbocycles. The van der Waals surface area contributed by atoms with Gasteiger partial charge in [-0.15, -0.1) is 6.58 Å². The van der Waals surface area contributed by atoms with Crippen molar-refractivity contribution >= 4 is 0 Å². The summed E-state index contributed by atoms with van der Waals surface area (Å²) >= 11 is 0. The molecule has 0 heterocycles. The van der Waals surface area contributed by atoms with Crippen molar-refractivity contribution in [2.45, 2.75) is 63.6 Å². The van der Waals surface area contributed by atoms with E-state index in [0.717, 1.165) is 38.5 Å². The minimum atomic E-state index is -0.797. The zero-order valence-corrected chi connectivity index (χ0v) is 13.3. The van der Waals surface area contributed by atoms with Gasteiger partial charge in [-0.1, -0.05) is 50.1 Å². The monoisotopic (exact) mass is 290 g/mol. The fraction of sp³-hybridized carbons (Fsp3) is 0.684. The summed E-state index contributed by atoms with van der Waals surface area (Å²) in [4.78, 5) is 0. The maximum Gasteiger partial charge on any atom is 0.0859 e. The van der Waals surface area contributed by atoms with Crippen molar-refractivity contribution in [3.63, 3.8) is 0 Å². The van der Waals surface area contributed by atoms with Gasteiger partial charge < -0.3 is 10.2 Å². The van der Waals surface area contributed by atoms with Crippen LogP contribution in [0.2, 0.25) is 0 Å². The van der Waals surface area contributed by atoms with Gasteiger partial charge in [0.2, 0.25) is 0 Å². The van der Waals surface area contributed by atoms with Crippen molar-refractivity contribution < 1.29 is 10.2 Å². The van der Waals surface area contributed by atoms with E-state index in [1.165, 1.54) is 5.57 Å². The Balaban J connectivity index is 1.93. The quantitative estimate of drug-likeness (QED) is 0.696. The largest absolute Gasteiger partial charge is 0.392 e. The molecule has 2 aliphatic carbocycles. The molecule has 0 aliphatic heterocycles. The van der Waals surface area contributed by atoms with Crippen LogP contribution in [0.1, 0.15) is 51.9 Å². The van der Waals surface area contributed by atoms with E-state index in [2.05, 4.69) is 32.2 Å². The summed E-state index contributed by atoms with van der Waals surface area (Å²) in [5, 5.41) is 20.7. The van der Waals surface area contributed by atoms with E-state index in [-0.39, 0.29) is 12.0 Å². The number of aliphatic hydroxyl groups is 2. The van der Waals surface area contributed by atoms with E-state index < -0.39 is 5.60 Å². The maximum atomic E-state index is 10.5. The van der Waals surface area contributed by atoms with Gasteiger partial charge in [0.05, 0.1) is 11.7 Å². The third-order valence-electron chi connectivity index (χ3n) is 5.34. The summed E-state index contributed by atoms with van der Waals surface area (Å²) in [7, 11) is 0. The van der Waals surface area contributed by atoms with Crippen molar-refractivity contribution in [3.05, 3.63) is 37.0 Å². The summed E-state index contributed by atoms with van der Waals surface area (Å²) in [6.07, 6.45) is 12.1. The summed E-state index contributed by atoms with van der Waals surface area (Å²) < 4.78 is 0. The first-order valence-electron chi connectivity index (χ1n) is 8.36. The molecule has 2 aliphatic rings. The predicted molar refractivity (Wildman–Crippen MR) is 87.9 cm³/mol. The fourth-order valence-electron chi connectivity index (χ4n) is 4.04. The molecule has 0 aromatic carbocycles. The number of unbranched alkanes of at least 4 members (excludes halogenated alkanes) is 1. The molecule has 0 bridgehead atoms. The third kappa shape index (κ3) is 3.87. The highest BCUT2D eigenvalue weighted by Gasteiger charge is 2.44. The molecule has 2 rings (SSSR count). The first-order chi connectivity index (χ1) is 9.99. The van der Waals surface area contributed by atoms with Crippen LogP contribution in [0.15, 0.2) is 37.0 Å². The summed E-state index contributed by atoms with van der Waals surface area (Å²) in [6.45, 7) is 10.00. The smallest absolute Gasteiger partial charge is 0.0859 e. The Morgan fingerprint density at radius 1 is 1.38 bits per heavy atom. The standard InChI is InChI=1S/C19H30O2/c1-4-6-9-19(21,5-2)10-7-8-16-17-12-14(3)11-15(17)13-18(16)20/h5,7-8,15-18,20-21H,2-4,6,9-13H2,1H3/b8-7+/t15-,16+,17+,18+,19?/m0/s1. The lowest BCUT2D eigenvalue weighted by Gasteiger charge is -2.23. The van der Waals surface area contributed by atoms with Gasteiger partial charge in [-0.2, -0.15) is 0 Å². The molecule has 5 atom stereocenters. The molecule has 0 saturated heterocycles. The van der Waals surface area contributed by atoms with Crippen LogP contribution >= 0.6 is 0 Å². The summed E-state index contributed by atoms with van der Waals surface area (Å²) in [5.41, 5.74) is 0.537. The molecule has 2 nitrogen and oxygen atoms in total. The fourth-order valence-corrected chi connectivity index (χ4v) is 4.04. The minimum Gasteiger partial charge on any atom is -0.392 e. The van der Waals surface area contributed by atoms with Gasteiger partial charge in [-0.05, 0) is 43.9 Å². The average molecular weight is 290 g/mol. The van der Waals surface area contributed by atoms with Crippen molar-refractivity contribution in [3.8, 4) is 0 Å². The highest BCUT2D eigenvalue weighted by Crippen LogP contribution is 2.49. The SMILES string of the molecule is C=CC(O)(C/C=C/[C@@H]1[C@@H]2CC(=C)C[C@H]2C[C@H]1O)CCCC. The minimum absolute atomic E-state index is 0.225. The maximum absolute atomic E-state index is 10.5. The first-order valence-corrected chi connectivity index (χ1v) is 8.36. The van der Waals surface area contributed by atoms with Gasteiger partial charge in [0.1, 0.15) is 0 Å². The number of hydrogen-bond donors (Lipinski definition) is 2. The number of fused-ring (bicyclic) bond motifs is 1. The summed E-state index contributed by atoms with van der Waals surface area (Å²) in [5.74, 6) is 1.39. The van der Waals surface area contributed by atoms with E-state index >= 15 is 0 Å². The normalized spacial score (nSPS) is 35.1. The Labute approximate surface area is 129 Å². The lowest BCUT2D eigenvalue weighted by Crippen LogP contribution is -2.24. The van der Waals surface area contributed by atoms with E-state index in [1.807, 2.05) is 0 Å². The van der Waals surface area contributed by atoms with E-state index in [0.29, 0.717) is 18.3 Å². The van der Waals surface area contributed by atoms with Crippen LogP contribution < -0.4 is 0 Å². The van der Waals surface area contributed by atoms with Gasteiger partial charge in [0, 0.05) is 5.92 Å². The first kappa shape index (κ1) is 16.5. The van der Waals surface area contributed by atoms with Crippen LogP contribution in [-0.4, -0.2) is 21.9 Å². The van der Waals surface area contributed by atoms with Crippen molar-refractivity contribution in [1.29, 1.82) is 0 Å². The van der Waals surface area contributed by atoms with Gasteiger partial charge in [0.25, 0.3) is 0 Å². The van der Waals surface area contributed by atoms with Crippen LogP contribution in [-0.2, 0) is 0 Å². The van der Waals surface area contributed by atoms with Crippen molar-refractivity contribution in [1.82, 2.24) is 0 Å². The van der Waals surface area contributed by atoms with Crippen LogP contribution in [0, 0.1) is 17.8 Å². The van der Waals surface area contributed by atoms with Gasteiger partial charge in [0.15, 0.2) is 0 Å². The molecular weight excluding hydrogens is 260 g/mol. The molecule has 1 unspecified atom stereocenters. The van der Waals surface area contributed by atoms with Crippen LogP contribution in [0.4, 0.5) is 0 Å². The molecule has 2 N–H and O–H groups in total. The van der Waals surface area contributed by atoms with Gasteiger partial charge in [-0.25, -0.2) is 0 Å². The molecule has 21 heavy (non-hydrogen) atoms. The second kappa shape index (κ2) is 6.93. The highest BCUT2D eigenvalue weighted by molar-refractivity contribution is 5.15. The highest BCUT2D eigenvalue weighted by atomic mass is 16.3. The van der Waals surface area contributed by atoms with Crippen molar-refractivity contribution in [2.75, 3.05) is 0 Å².